The van der Waals surface area contributed by atoms with Gasteiger partial charge in [-0.25, -0.2) is 4.79 Å². The quantitative estimate of drug-likeness (QED) is 0.448. The van der Waals surface area contributed by atoms with Crippen LogP contribution in [0, 0.1) is 0 Å². The Kier molecular flexibility index (Phi) is 9.61. The van der Waals surface area contributed by atoms with Crippen LogP contribution in [0.5, 0.6) is 0 Å². The molecule has 0 saturated heterocycles. The molecule has 0 bridgehead atoms. The van der Waals surface area contributed by atoms with E-state index in [1.807, 2.05) is 0 Å². The summed E-state index contributed by atoms with van der Waals surface area (Å²) >= 11 is 0. The van der Waals surface area contributed by atoms with E-state index in [-0.39, 0.29) is 0 Å². The van der Waals surface area contributed by atoms with Crippen molar-refractivity contribution < 1.29 is 19.4 Å². The van der Waals surface area contributed by atoms with Crippen molar-refractivity contribution in [1.82, 2.24) is 5.32 Å². The molecule has 4 N–H and O–H groups in total. The van der Waals surface area contributed by atoms with E-state index >= 15 is 0 Å². The monoisotopic (exact) mass is 206 g/mol. The molecule has 0 aliphatic rings. The van der Waals surface area contributed by atoms with E-state index in [9.17, 15) is 4.79 Å². The maximum absolute atomic E-state index is 10.0. The zero-order valence-corrected chi connectivity index (χ0v) is 8.20. The molecule has 0 aromatic heterocycles. The Labute approximate surface area is 83.4 Å². The minimum Gasteiger partial charge on any atom is -0.465 e. The topological polar surface area (TPSA) is 93.8 Å². The van der Waals surface area contributed by atoms with Gasteiger partial charge >= 0.3 is 6.09 Å². The van der Waals surface area contributed by atoms with E-state index in [1.54, 1.807) is 0 Å². The molecular formula is C8H18N2O4. The van der Waals surface area contributed by atoms with Gasteiger partial charge in [0.05, 0.1) is 19.8 Å². The summed E-state index contributed by atoms with van der Waals surface area (Å²) in [6.07, 6.45) is -0.187. The Morgan fingerprint density at radius 1 is 1.21 bits per heavy atom. The lowest BCUT2D eigenvalue weighted by Crippen LogP contribution is -2.25. The van der Waals surface area contributed by atoms with Gasteiger partial charge in [0.2, 0.25) is 0 Å². The molecule has 0 rings (SSSR count). The Morgan fingerprint density at radius 2 is 1.86 bits per heavy atom. The number of hydrogen-bond acceptors (Lipinski definition) is 4. The molecule has 0 radical (unpaired) electrons. The Bertz CT molecular complexity index is 143. The molecule has 0 aromatic rings. The van der Waals surface area contributed by atoms with Crippen molar-refractivity contribution in [2.45, 2.75) is 6.42 Å². The summed E-state index contributed by atoms with van der Waals surface area (Å²) in [6, 6.07) is 0. The lowest BCUT2D eigenvalue weighted by Gasteiger charge is -2.05. The maximum Gasteiger partial charge on any atom is 0.404 e. The second-order valence-electron chi connectivity index (χ2n) is 2.60. The van der Waals surface area contributed by atoms with Crippen LogP contribution >= 0.6 is 0 Å². The molecule has 0 unspecified atom stereocenters. The normalized spacial score (nSPS) is 10.1. The minimum atomic E-state index is -1.03. The van der Waals surface area contributed by atoms with E-state index in [1.165, 1.54) is 0 Å². The van der Waals surface area contributed by atoms with Crippen LogP contribution in [-0.2, 0) is 9.47 Å². The molecule has 0 aliphatic carbocycles. The third kappa shape index (κ3) is 11.2. The van der Waals surface area contributed by atoms with Crippen molar-refractivity contribution in [3.8, 4) is 0 Å². The first kappa shape index (κ1) is 13.2. The van der Waals surface area contributed by atoms with Gasteiger partial charge in [-0.3, -0.25) is 0 Å². The Hall–Kier alpha value is -0.850. The van der Waals surface area contributed by atoms with E-state index in [0.717, 1.165) is 6.42 Å². The van der Waals surface area contributed by atoms with Gasteiger partial charge in [0.15, 0.2) is 0 Å². The molecule has 84 valence electrons. The average Bonchev–Trinajstić information content (AvgIpc) is 2.15. The van der Waals surface area contributed by atoms with Crippen LogP contribution in [0.4, 0.5) is 4.79 Å². The zero-order chi connectivity index (χ0) is 10.6. The van der Waals surface area contributed by atoms with Crippen molar-refractivity contribution in [2.24, 2.45) is 5.73 Å². The largest absolute Gasteiger partial charge is 0.465 e. The first-order valence-electron chi connectivity index (χ1n) is 4.59. The van der Waals surface area contributed by atoms with Gasteiger partial charge in [-0.2, -0.15) is 0 Å². The second-order valence-corrected chi connectivity index (χ2v) is 2.60. The zero-order valence-electron chi connectivity index (χ0n) is 8.20. The lowest BCUT2D eigenvalue weighted by atomic mass is 10.5. The number of nitrogens with one attached hydrogen (secondary N) is 1. The highest BCUT2D eigenvalue weighted by molar-refractivity contribution is 5.64. The number of ether oxygens (including phenoxy) is 2. The van der Waals surface area contributed by atoms with Crippen molar-refractivity contribution in [1.29, 1.82) is 0 Å². The average molecular weight is 206 g/mol. The van der Waals surface area contributed by atoms with Crippen LogP contribution in [0.1, 0.15) is 6.42 Å². The fourth-order valence-electron chi connectivity index (χ4n) is 0.738. The number of carboxylic acid groups (broad SMARTS) is 1. The van der Waals surface area contributed by atoms with Gasteiger partial charge in [-0.1, -0.05) is 0 Å². The van der Waals surface area contributed by atoms with Crippen molar-refractivity contribution in [2.75, 3.05) is 39.5 Å². The Balaban J connectivity index is 2.88. The van der Waals surface area contributed by atoms with E-state index in [0.29, 0.717) is 39.5 Å². The molecule has 0 aromatic carbocycles. The van der Waals surface area contributed by atoms with Crippen LogP contribution in [0.25, 0.3) is 0 Å². The van der Waals surface area contributed by atoms with Crippen LogP contribution in [-0.4, -0.2) is 50.7 Å². The van der Waals surface area contributed by atoms with Crippen molar-refractivity contribution >= 4 is 6.09 Å². The predicted molar refractivity (Wildman–Crippen MR) is 51.3 cm³/mol. The first-order chi connectivity index (χ1) is 6.77. The van der Waals surface area contributed by atoms with Crippen LogP contribution < -0.4 is 11.1 Å². The maximum atomic E-state index is 10.0. The smallest absolute Gasteiger partial charge is 0.404 e. The SMILES string of the molecule is NCCCOCCOCCNC(=O)O. The number of hydrogen-bond donors (Lipinski definition) is 3. The molecule has 0 heterocycles. The van der Waals surface area contributed by atoms with E-state index in [2.05, 4.69) is 5.32 Å². The number of amides is 1. The highest BCUT2D eigenvalue weighted by Gasteiger charge is 1.93. The molecule has 6 heteroatoms. The fourth-order valence-corrected chi connectivity index (χ4v) is 0.738. The second kappa shape index (κ2) is 10.2. The summed E-state index contributed by atoms with van der Waals surface area (Å²) in [5.74, 6) is 0. The molecule has 0 aliphatic heterocycles. The highest BCUT2D eigenvalue weighted by Crippen LogP contribution is 1.81. The van der Waals surface area contributed by atoms with Crippen molar-refractivity contribution in [3.05, 3.63) is 0 Å². The fraction of sp³-hybridized carbons (Fsp3) is 0.875. The van der Waals surface area contributed by atoms with Crippen LogP contribution in [0.3, 0.4) is 0 Å². The molecule has 6 nitrogen and oxygen atoms in total. The van der Waals surface area contributed by atoms with Gasteiger partial charge in [-0.05, 0) is 13.0 Å². The number of nitrogens with two attached hydrogens (primary N) is 1. The lowest BCUT2D eigenvalue weighted by molar-refractivity contribution is 0.0486. The molecule has 0 saturated carbocycles. The summed E-state index contributed by atoms with van der Waals surface area (Å²) in [7, 11) is 0. The predicted octanol–water partition coefficient (Wildman–Crippen LogP) is -0.364. The van der Waals surface area contributed by atoms with Crippen LogP contribution in [0.15, 0.2) is 0 Å². The van der Waals surface area contributed by atoms with Gasteiger partial charge < -0.3 is 25.6 Å². The van der Waals surface area contributed by atoms with Gasteiger partial charge in [0, 0.05) is 13.2 Å². The van der Waals surface area contributed by atoms with Gasteiger partial charge in [0.1, 0.15) is 0 Å². The van der Waals surface area contributed by atoms with Crippen molar-refractivity contribution in [3.63, 3.8) is 0 Å². The summed E-state index contributed by atoms with van der Waals surface area (Å²) in [5, 5.41) is 10.4. The third-order valence-electron chi connectivity index (χ3n) is 1.39. The minimum absolute atomic E-state index is 0.304. The molecule has 1 amide bonds. The van der Waals surface area contributed by atoms with E-state index < -0.39 is 6.09 Å². The number of rotatable bonds is 9. The molecule has 0 atom stereocenters. The van der Waals surface area contributed by atoms with Gasteiger partial charge in [-0.15, -0.1) is 0 Å². The highest BCUT2D eigenvalue weighted by atomic mass is 16.5. The van der Waals surface area contributed by atoms with E-state index in [4.69, 9.17) is 20.3 Å². The molecular weight excluding hydrogens is 188 g/mol. The number of carbonyl (C=O) groups is 1. The summed E-state index contributed by atoms with van der Waals surface area (Å²) in [6.45, 7) is 2.94. The summed E-state index contributed by atoms with van der Waals surface area (Å²) < 4.78 is 10.2. The summed E-state index contributed by atoms with van der Waals surface area (Å²) in [4.78, 5) is 10.0. The summed E-state index contributed by atoms with van der Waals surface area (Å²) in [5.41, 5.74) is 5.26. The standard InChI is InChI=1S/C8H18N2O4/c9-2-1-4-13-6-7-14-5-3-10-8(11)12/h10H,1-7,9H2,(H,11,12). The Morgan fingerprint density at radius 3 is 2.43 bits per heavy atom. The third-order valence-corrected chi connectivity index (χ3v) is 1.39. The molecule has 14 heavy (non-hydrogen) atoms. The molecule has 0 spiro atoms. The van der Waals surface area contributed by atoms with Gasteiger partial charge in [0.25, 0.3) is 0 Å². The first-order valence-corrected chi connectivity index (χ1v) is 4.59. The van der Waals surface area contributed by atoms with Crippen LogP contribution in [0.2, 0.25) is 0 Å². The molecule has 0 fully saturated rings.